The van der Waals surface area contributed by atoms with Gasteiger partial charge in [-0.25, -0.2) is 0 Å². The molecule has 0 saturated heterocycles. The lowest BCUT2D eigenvalue weighted by atomic mass is 9.75. The van der Waals surface area contributed by atoms with Gasteiger partial charge in [-0.2, -0.15) is 0 Å². The molecule has 1 aromatic rings. The topological polar surface area (TPSA) is 66.4 Å². The first-order chi connectivity index (χ1) is 10.6. The number of fused-ring (bicyclic) bond motifs is 1. The third-order valence-corrected chi connectivity index (χ3v) is 4.95. The molecule has 0 aromatic heterocycles. The number of amides is 1. The molecule has 2 aliphatic carbocycles. The van der Waals surface area contributed by atoms with E-state index in [4.69, 9.17) is 5.11 Å². The SMILES string of the molecule is O=C(Cc1ccc2c(c1)CCCC2)NCC1CC(C(=O)O)C1. The Morgan fingerprint density at radius 1 is 1.14 bits per heavy atom. The van der Waals surface area contributed by atoms with Crippen LogP contribution in [0.4, 0.5) is 0 Å². The second-order valence-electron chi connectivity index (χ2n) is 6.66. The van der Waals surface area contributed by atoms with Gasteiger partial charge in [0, 0.05) is 6.54 Å². The molecule has 0 radical (unpaired) electrons. The number of hydrogen-bond acceptors (Lipinski definition) is 2. The first-order valence-electron chi connectivity index (χ1n) is 8.22. The molecule has 0 unspecified atom stereocenters. The Morgan fingerprint density at radius 2 is 1.86 bits per heavy atom. The number of carboxylic acid groups (broad SMARTS) is 1. The lowest BCUT2D eigenvalue weighted by molar-refractivity contribution is -0.146. The van der Waals surface area contributed by atoms with Crippen molar-refractivity contribution in [2.45, 2.75) is 44.9 Å². The van der Waals surface area contributed by atoms with Crippen molar-refractivity contribution in [3.63, 3.8) is 0 Å². The molecule has 2 aliphatic rings. The van der Waals surface area contributed by atoms with Gasteiger partial charge in [0.15, 0.2) is 0 Å². The highest BCUT2D eigenvalue weighted by atomic mass is 16.4. The van der Waals surface area contributed by atoms with Gasteiger partial charge in [0.05, 0.1) is 12.3 Å². The number of aryl methyl sites for hydroxylation is 2. The van der Waals surface area contributed by atoms with Crippen LogP contribution in [0.5, 0.6) is 0 Å². The number of benzene rings is 1. The second-order valence-corrected chi connectivity index (χ2v) is 6.66. The maximum absolute atomic E-state index is 12.0. The summed E-state index contributed by atoms with van der Waals surface area (Å²) in [5.74, 6) is -0.553. The number of rotatable bonds is 5. The summed E-state index contributed by atoms with van der Waals surface area (Å²) < 4.78 is 0. The molecule has 1 aromatic carbocycles. The van der Waals surface area contributed by atoms with E-state index in [-0.39, 0.29) is 11.8 Å². The minimum atomic E-state index is -0.711. The maximum atomic E-state index is 12.0. The van der Waals surface area contributed by atoms with Crippen molar-refractivity contribution < 1.29 is 14.7 Å². The Labute approximate surface area is 130 Å². The predicted octanol–water partition coefficient (Wildman–Crippen LogP) is 2.33. The molecule has 118 valence electrons. The number of carbonyl (C=O) groups is 2. The van der Waals surface area contributed by atoms with Crippen LogP contribution in [0.1, 0.15) is 42.4 Å². The van der Waals surface area contributed by atoms with Gasteiger partial charge in [0.25, 0.3) is 0 Å². The standard InChI is InChI=1S/C18H23NO3/c20-17(19-11-13-8-16(9-13)18(21)22)10-12-5-6-14-3-1-2-4-15(14)7-12/h5-7,13,16H,1-4,8-11H2,(H,19,20)(H,21,22). The summed E-state index contributed by atoms with van der Waals surface area (Å²) in [5.41, 5.74) is 3.92. The first-order valence-corrected chi connectivity index (χ1v) is 8.22. The van der Waals surface area contributed by atoms with E-state index < -0.39 is 5.97 Å². The Bertz CT molecular complexity index is 576. The van der Waals surface area contributed by atoms with Crippen molar-refractivity contribution in [1.82, 2.24) is 5.32 Å². The number of nitrogens with one attached hydrogen (secondary N) is 1. The van der Waals surface area contributed by atoms with Gasteiger partial charge in [-0.05, 0) is 61.1 Å². The number of carboxylic acids is 1. The minimum absolute atomic E-state index is 0.0366. The molecule has 3 rings (SSSR count). The third-order valence-electron chi connectivity index (χ3n) is 4.95. The molecule has 0 spiro atoms. The second kappa shape index (κ2) is 6.51. The molecule has 2 N–H and O–H groups in total. The molecule has 22 heavy (non-hydrogen) atoms. The zero-order valence-electron chi connectivity index (χ0n) is 12.8. The number of aliphatic carboxylic acids is 1. The van der Waals surface area contributed by atoms with E-state index in [0.29, 0.717) is 31.7 Å². The molecule has 0 aliphatic heterocycles. The van der Waals surface area contributed by atoms with Crippen LogP contribution in [0, 0.1) is 11.8 Å². The van der Waals surface area contributed by atoms with Crippen molar-refractivity contribution in [3.05, 3.63) is 34.9 Å². The monoisotopic (exact) mass is 301 g/mol. The third kappa shape index (κ3) is 3.49. The van der Waals surface area contributed by atoms with E-state index >= 15 is 0 Å². The average molecular weight is 301 g/mol. The molecule has 1 amide bonds. The Balaban J connectivity index is 1.45. The summed E-state index contributed by atoms with van der Waals surface area (Å²) >= 11 is 0. The Hall–Kier alpha value is -1.84. The van der Waals surface area contributed by atoms with Gasteiger partial charge in [0.1, 0.15) is 0 Å². The highest BCUT2D eigenvalue weighted by Crippen LogP contribution is 2.33. The number of hydrogen-bond donors (Lipinski definition) is 2. The van der Waals surface area contributed by atoms with Crippen LogP contribution in [-0.4, -0.2) is 23.5 Å². The Kier molecular flexibility index (Phi) is 4.46. The fraction of sp³-hybridized carbons (Fsp3) is 0.556. The lowest BCUT2D eigenvalue weighted by Gasteiger charge is -2.32. The predicted molar refractivity (Wildman–Crippen MR) is 83.6 cm³/mol. The minimum Gasteiger partial charge on any atom is -0.481 e. The largest absolute Gasteiger partial charge is 0.481 e. The highest BCUT2D eigenvalue weighted by molar-refractivity contribution is 5.78. The van der Waals surface area contributed by atoms with E-state index in [1.807, 2.05) is 0 Å². The fourth-order valence-corrected chi connectivity index (χ4v) is 3.51. The van der Waals surface area contributed by atoms with E-state index in [9.17, 15) is 9.59 Å². The average Bonchev–Trinajstić information content (AvgIpc) is 2.45. The summed E-state index contributed by atoms with van der Waals surface area (Å²) in [6, 6.07) is 6.41. The van der Waals surface area contributed by atoms with Crippen LogP contribution in [0.3, 0.4) is 0 Å². The van der Waals surface area contributed by atoms with Gasteiger partial charge in [0.2, 0.25) is 5.91 Å². The van der Waals surface area contributed by atoms with Crippen LogP contribution in [0.2, 0.25) is 0 Å². The van der Waals surface area contributed by atoms with Gasteiger partial charge in [-0.1, -0.05) is 18.2 Å². The first kappa shape index (κ1) is 15.1. The molecular weight excluding hydrogens is 278 g/mol. The van der Waals surface area contributed by atoms with Crippen molar-refractivity contribution in [2.75, 3.05) is 6.54 Å². The van der Waals surface area contributed by atoms with Crippen molar-refractivity contribution >= 4 is 11.9 Å². The summed E-state index contributed by atoms with van der Waals surface area (Å²) in [4.78, 5) is 22.7. The van der Waals surface area contributed by atoms with Crippen LogP contribution in [-0.2, 0) is 28.9 Å². The molecular formula is C18H23NO3. The van der Waals surface area contributed by atoms with E-state index in [0.717, 1.165) is 18.4 Å². The van der Waals surface area contributed by atoms with E-state index in [1.54, 1.807) is 0 Å². The normalized spacial score (nSPS) is 23.3. The molecule has 4 heteroatoms. The zero-order chi connectivity index (χ0) is 15.5. The van der Waals surface area contributed by atoms with Crippen LogP contribution < -0.4 is 5.32 Å². The van der Waals surface area contributed by atoms with E-state index in [1.165, 1.54) is 24.0 Å². The molecule has 0 bridgehead atoms. The summed E-state index contributed by atoms with van der Waals surface area (Å²) in [6.07, 6.45) is 6.60. The molecule has 4 nitrogen and oxygen atoms in total. The number of carbonyl (C=O) groups excluding carboxylic acids is 1. The zero-order valence-corrected chi connectivity index (χ0v) is 12.8. The molecule has 1 fully saturated rings. The molecule has 0 atom stereocenters. The lowest BCUT2D eigenvalue weighted by Crippen LogP contribution is -2.39. The van der Waals surface area contributed by atoms with Gasteiger partial charge in [-0.3, -0.25) is 9.59 Å². The molecule has 1 saturated carbocycles. The summed E-state index contributed by atoms with van der Waals surface area (Å²) in [5, 5.41) is 11.8. The maximum Gasteiger partial charge on any atom is 0.306 e. The van der Waals surface area contributed by atoms with Gasteiger partial charge < -0.3 is 10.4 Å². The van der Waals surface area contributed by atoms with Crippen molar-refractivity contribution in [1.29, 1.82) is 0 Å². The van der Waals surface area contributed by atoms with E-state index in [2.05, 4.69) is 23.5 Å². The highest BCUT2D eigenvalue weighted by Gasteiger charge is 2.34. The summed E-state index contributed by atoms with van der Waals surface area (Å²) in [7, 11) is 0. The van der Waals surface area contributed by atoms with Gasteiger partial charge in [-0.15, -0.1) is 0 Å². The Morgan fingerprint density at radius 3 is 2.59 bits per heavy atom. The smallest absolute Gasteiger partial charge is 0.306 e. The van der Waals surface area contributed by atoms with Crippen LogP contribution in [0.25, 0.3) is 0 Å². The molecule has 0 heterocycles. The van der Waals surface area contributed by atoms with Crippen molar-refractivity contribution in [2.24, 2.45) is 11.8 Å². The summed E-state index contributed by atoms with van der Waals surface area (Å²) in [6.45, 7) is 0.605. The van der Waals surface area contributed by atoms with Gasteiger partial charge >= 0.3 is 5.97 Å². The van der Waals surface area contributed by atoms with Crippen LogP contribution >= 0.6 is 0 Å². The van der Waals surface area contributed by atoms with Crippen molar-refractivity contribution in [3.8, 4) is 0 Å². The van der Waals surface area contributed by atoms with Crippen LogP contribution in [0.15, 0.2) is 18.2 Å². The fourth-order valence-electron chi connectivity index (χ4n) is 3.51. The quantitative estimate of drug-likeness (QED) is 0.877.